The topological polar surface area (TPSA) is 18.5 Å². The Bertz CT molecular complexity index is 658. The minimum atomic E-state index is -2.07. The third-order valence-corrected chi connectivity index (χ3v) is 17.4. The van der Waals surface area contributed by atoms with Crippen LogP contribution in [0.25, 0.3) is 0 Å². The SMILES string of the molecule is C=CCCCCC[C@H](Cl)[C@H](O[Si](C)(C)C(C)(C)C)[C@H](C#C[Si](C)(C)C)O[Si](C)(C)C(C)(C)C. The van der Waals surface area contributed by atoms with Crippen molar-refractivity contribution in [1.82, 2.24) is 0 Å². The summed E-state index contributed by atoms with van der Waals surface area (Å²) < 4.78 is 14.0. The Hall–Kier alpha value is 0.161. The van der Waals surface area contributed by atoms with Gasteiger partial charge in [-0.1, -0.05) is 86.0 Å². The van der Waals surface area contributed by atoms with Crippen molar-refractivity contribution < 1.29 is 8.85 Å². The Morgan fingerprint density at radius 2 is 1.30 bits per heavy atom. The summed E-state index contributed by atoms with van der Waals surface area (Å²) >= 11 is 7.16. The molecule has 0 saturated carbocycles. The number of allylic oxidation sites excluding steroid dienone is 1. The molecule has 0 bridgehead atoms. The molecule has 33 heavy (non-hydrogen) atoms. The Labute approximate surface area is 215 Å². The highest BCUT2D eigenvalue weighted by atomic mass is 35.5. The Morgan fingerprint density at radius 1 is 0.818 bits per heavy atom. The van der Waals surface area contributed by atoms with Gasteiger partial charge in [0.1, 0.15) is 14.2 Å². The van der Waals surface area contributed by atoms with Gasteiger partial charge in [0.2, 0.25) is 0 Å². The Kier molecular flexibility index (Phi) is 13.0. The van der Waals surface area contributed by atoms with Crippen LogP contribution in [0, 0.1) is 11.5 Å². The van der Waals surface area contributed by atoms with Gasteiger partial charge < -0.3 is 8.85 Å². The molecule has 0 rings (SSSR count). The van der Waals surface area contributed by atoms with Gasteiger partial charge in [-0.3, -0.25) is 0 Å². The second kappa shape index (κ2) is 12.9. The standard InChI is InChI=1S/C27H55ClO2Si3/c1-15-16-17-18-19-20-23(28)25(30-33(13,14)27(5,6)7)24(21-22-31(8,9)10)29-32(11,12)26(2,3)4/h15,23-25H,1,16-20H2,2-14H3/t23-,24-,25-/m0/s1. The highest BCUT2D eigenvalue weighted by Gasteiger charge is 2.46. The molecule has 0 aromatic rings. The summed E-state index contributed by atoms with van der Waals surface area (Å²) in [7, 11) is -5.71. The number of unbranched alkanes of at least 4 members (excludes halogenated alkanes) is 3. The summed E-state index contributed by atoms with van der Waals surface area (Å²) in [5, 5.41) is 0.0770. The third-order valence-electron chi connectivity index (χ3n) is 7.10. The molecule has 0 aromatic carbocycles. The Balaban J connectivity index is 6.19. The van der Waals surface area contributed by atoms with E-state index in [1.165, 1.54) is 6.42 Å². The Morgan fingerprint density at radius 3 is 1.73 bits per heavy atom. The molecule has 0 fully saturated rings. The summed E-state index contributed by atoms with van der Waals surface area (Å²) in [6, 6.07) is 0. The first kappa shape index (κ1) is 33.2. The van der Waals surface area contributed by atoms with E-state index < -0.39 is 24.7 Å². The normalized spacial score (nSPS) is 16.5. The summed E-state index contributed by atoms with van der Waals surface area (Å²) in [6.45, 7) is 33.6. The van der Waals surface area contributed by atoms with E-state index in [1.54, 1.807) is 0 Å². The average Bonchev–Trinajstić information content (AvgIpc) is 2.60. The van der Waals surface area contributed by atoms with Gasteiger partial charge in [0, 0.05) is 0 Å². The van der Waals surface area contributed by atoms with Gasteiger partial charge >= 0.3 is 0 Å². The van der Waals surface area contributed by atoms with Gasteiger partial charge in [0.15, 0.2) is 16.6 Å². The molecule has 6 heteroatoms. The number of rotatable bonds is 12. The zero-order chi connectivity index (χ0) is 26.3. The summed E-state index contributed by atoms with van der Waals surface area (Å²) in [5.74, 6) is 3.58. The molecule has 0 aliphatic heterocycles. The van der Waals surface area contributed by atoms with Crippen molar-refractivity contribution in [3.05, 3.63) is 12.7 Å². The van der Waals surface area contributed by atoms with Crippen molar-refractivity contribution in [1.29, 1.82) is 0 Å². The second-order valence-electron chi connectivity index (χ2n) is 13.6. The van der Waals surface area contributed by atoms with Crippen LogP contribution < -0.4 is 0 Å². The molecular weight excluding hydrogens is 476 g/mol. The van der Waals surface area contributed by atoms with Crippen LogP contribution >= 0.6 is 11.6 Å². The molecule has 0 unspecified atom stereocenters. The lowest BCUT2D eigenvalue weighted by Crippen LogP contribution is -2.54. The van der Waals surface area contributed by atoms with E-state index in [2.05, 4.69) is 105 Å². The summed E-state index contributed by atoms with van der Waals surface area (Å²) in [6.07, 6.45) is 6.90. The molecule has 0 aliphatic rings. The molecule has 0 saturated heterocycles. The molecule has 0 N–H and O–H groups in total. The number of hydrogen-bond acceptors (Lipinski definition) is 2. The highest BCUT2D eigenvalue weighted by Crippen LogP contribution is 2.41. The van der Waals surface area contributed by atoms with Crippen molar-refractivity contribution in [2.75, 3.05) is 0 Å². The van der Waals surface area contributed by atoms with E-state index in [0.29, 0.717) is 0 Å². The quantitative estimate of drug-likeness (QED) is 0.0821. The monoisotopic (exact) mass is 530 g/mol. The van der Waals surface area contributed by atoms with Gasteiger partial charge in [0.05, 0.1) is 11.5 Å². The van der Waals surface area contributed by atoms with Gasteiger partial charge in [-0.2, -0.15) is 0 Å². The first-order valence-corrected chi connectivity index (χ1v) is 22.5. The van der Waals surface area contributed by atoms with Crippen molar-refractivity contribution in [3.63, 3.8) is 0 Å². The molecule has 0 radical (unpaired) electrons. The van der Waals surface area contributed by atoms with Crippen LogP contribution in [0.15, 0.2) is 12.7 Å². The summed E-state index contributed by atoms with van der Waals surface area (Å²) in [4.78, 5) is 0. The van der Waals surface area contributed by atoms with E-state index in [0.717, 1.165) is 25.7 Å². The van der Waals surface area contributed by atoms with E-state index in [-0.39, 0.29) is 27.7 Å². The first-order chi connectivity index (χ1) is 14.6. The fourth-order valence-corrected chi connectivity index (χ4v) is 6.27. The maximum absolute atomic E-state index is 7.16. The largest absolute Gasteiger partial charge is 0.409 e. The highest BCUT2D eigenvalue weighted by molar-refractivity contribution is 6.83. The predicted molar refractivity (Wildman–Crippen MR) is 158 cm³/mol. The molecule has 0 amide bonds. The number of alkyl halides is 1. The molecule has 2 nitrogen and oxygen atoms in total. The molecule has 0 aliphatic carbocycles. The van der Waals surface area contributed by atoms with Crippen molar-refractivity contribution in [3.8, 4) is 11.5 Å². The van der Waals surface area contributed by atoms with E-state index in [9.17, 15) is 0 Å². The minimum absolute atomic E-state index is 0.0968. The van der Waals surface area contributed by atoms with Crippen LogP contribution in [0.4, 0.5) is 0 Å². The third kappa shape index (κ3) is 12.1. The van der Waals surface area contributed by atoms with Crippen LogP contribution in [0.1, 0.15) is 73.6 Å². The smallest absolute Gasteiger partial charge is 0.193 e. The molecule has 0 spiro atoms. The van der Waals surface area contributed by atoms with Crippen LogP contribution in [0.5, 0.6) is 0 Å². The van der Waals surface area contributed by atoms with Gasteiger partial charge in [-0.05, 0) is 55.5 Å². The molecular formula is C27H55ClO2Si3. The lowest BCUT2D eigenvalue weighted by Gasteiger charge is -2.45. The van der Waals surface area contributed by atoms with Crippen molar-refractivity contribution >= 4 is 36.3 Å². The van der Waals surface area contributed by atoms with Gasteiger partial charge in [-0.15, -0.1) is 23.7 Å². The lowest BCUT2D eigenvalue weighted by molar-refractivity contribution is 0.0638. The zero-order valence-electron chi connectivity index (χ0n) is 24.2. The molecule has 0 heterocycles. The van der Waals surface area contributed by atoms with Crippen LogP contribution in [-0.2, 0) is 8.85 Å². The second-order valence-corrected chi connectivity index (χ2v) is 28.4. The van der Waals surface area contributed by atoms with E-state index in [1.807, 2.05) is 6.08 Å². The lowest BCUT2D eigenvalue weighted by atomic mass is 10.0. The van der Waals surface area contributed by atoms with Gasteiger partial charge in [0.25, 0.3) is 0 Å². The van der Waals surface area contributed by atoms with E-state index in [4.69, 9.17) is 20.5 Å². The molecule has 3 atom stereocenters. The van der Waals surface area contributed by atoms with Crippen LogP contribution in [0.3, 0.4) is 0 Å². The summed E-state index contributed by atoms with van der Waals surface area (Å²) in [5.41, 5.74) is 3.59. The minimum Gasteiger partial charge on any atom is -0.409 e. The number of hydrogen-bond donors (Lipinski definition) is 0. The van der Waals surface area contributed by atoms with Crippen molar-refractivity contribution in [2.45, 2.75) is 147 Å². The van der Waals surface area contributed by atoms with Crippen LogP contribution in [0.2, 0.25) is 55.9 Å². The van der Waals surface area contributed by atoms with Gasteiger partial charge in [-0.25, -0.2) is 0 Å². The number of halogens is 1. The fourth-order valence-electron chi connectivity index (χ4n) is 2.77. The fraction of sp³-hybridized carbons (Fsp3) is 0.852. The average molecular weight is 531 g/mol. The van der Waals surface area contributed by atoms with E-state index >= 15 is 0 Å². The zero-order valence-corrected chi connectivity index (χ0v) is 28.0. The maximum atomic E-state index is 7.16. The predicted octanol–water partition coefficient (Wildman–Crippen LogP) is 9.39. The molecule has 194 valence electrons. The maximum Gasteiger partial charge on any atom is 0.193 e. The van der Waals surface area contributed by atoms with Crippen molar-refractivity contribution in [2.24, 2.45) is 0 Å². The first-order valence-electron chi connectivity index (χ1n) is 12.8. The molecule has 0 aromatic heterocycles. The van der Waals surface area contributed by atoms with Crippen LogP contribution in [-0.4, -0.2) is 42.3 Å².